The van der Waals surface area contributed by atoms with Crippen LogP contribution in [0.3, 0.4) is 0 Å². The van der Waals surface area contributed by atoms with Crippen molar-refractivity contribution in [2.24, 2.45) is 0 Å². The van der Waals surface area contributed by atoms with Crippen molar-refractivity contribution >= 4 is 16.9 Å². The van der Waals surface area contributed by atoms with Crippen LogP contribution in [0.2, 0.25) is 0 Å². The summed E-state index contributed by atoms with van der Waals surface area (Å²) in [5.41, 5.74) is -1.34. The summed E-state index contributed by atoms with van der Waals surface area (Å²) in [6.45, 7) is 1.45. The zero-order valence-corrected chi connectivity index (χ0v) is 10.2. The van der Waals surface area contributed by atoms with Crippen molar-refractivity contribution in [1.82, 2.24) is 4.98 Å². The number of pyridine rings is 1. The van der Waals surface area contributed by atoms with E-state index in [4.69, 9.17) is 0 Å². The minimum absolute atomic E-state index is 0.194. The van der Waals surface area contributed by atoms with E-state index in [1.54, 1.807) is 18.2 Å². The third-order valence-corrected chi connectivity index (χ3v) is 2.81. The normalized spacial score (nSPS) is 11.6. The fourth-order valence-electron chi connectivity index (χ4n) is 1.93. The molecule has 0 amide bonds. The molecule has 2 aromatic rings. The molecule has 0 aliphatic heterocycles. The number of esters is 1. The van der Waals surface area contributed by atoms with Crippen LogP contribution in [0.5, 0.6) is 0 Å². The number of para-hydroxylation sites is 1. The maximum Gasteiger partial charge on any atom is 0.434 e. The number of aromatic nitrogens is 1. The predicted molar refractivity (Wildman–Crippen MR) is 62.8 cm³/mol. The number of hydrogen-bond donors (Lipinski definition) is 0. The van der Waals surface area contributed by atoms with Crippen molar-refractivity contribution in [1.29, 1.82) is 0 Å². The highest BCUT2D eigenvalue weighted by molar-refractivity contribution is 5.98. The molecule has 1 aromatic carbocycles. The van der Waals surface area contributed by atoms with Gasteiger partial charge in [-0.15, -0.1) is 0 Å². The Balaban J connectivity index is 2.89. The van der Waals surface area contributed by atoms with Crippen LogP contribution in [0.25, 0.3) is 10.9 Å². The number of rotatable bonds is 1. The number of aryl methyl sites for hydroxylation is 1. The van der Waals surface area contributed by atoms with Crippen LogP contribution in [0.4, 0.5) is 13.2 Å². The van der Waals surface area contributed by atoms with Gasteiger partial charge < -0.3 is 4.74 Å². The van der Waals surface area contributed by atoms with Crippen molar-refractivity contribution in [3.8, 4) is 0 Å². The molecule has 0 spiro atoms. The first-order valence-corrected chi connectivity index (χ1v) is 5.41. The second-order valence-corrected chi connectivity index (χ2v) is 3.97. The molecular weight excluding hydrogens is 259 g/mol. The van der Waals surface area contributed by atoms with E-state index < -0.39 is 23.4 Å². The fourth-order valence-corrected chi connectivity index (χ4v) is 1.93. The molecule has 0 radical (unpaired) electrons. The van der Waals surface area contributed by atoms with Gasteiger partial charge in [0, 0.05) is 5.39 Å². The van der Waals surface area contributed by atoms with Gasteiger partial charge >= 0.3 is 12.1 Å². The Morgan fingerprint density at radius 3 is 2.47 bits per heavy atom. The molecule has 0 bridgehead atoms. The summed E-state index contributed by atoms with van der Waals surface area (Å²) in [6.07, 6.45) is -4.71. The number of nitrogens with zero attached hydrogens (tertiary/aromatic N) is 1. The number of hydrogen-bond acceptors (Lipinski definition) is 3. The molecule has 6 heteroatoms. The monoisotopic (exact) mass is 269 g/mol. The Bertz CT molecular complexity index is 650. The molecule has 0 unspecified atom stereocenters. The van der Waals surface area contributed by atoms with Crippen LogP contribution in [-0.4, -0.2) is 18.1 Å². The quantitative estimate of drug-likeness (QED) is 0.745. The summed E-state index contributed by atoms with van der Waals surface area (Å²) >= 11 is 0. The molecule has 0 aliphatic carbocycles. The van der Waals surface area contributed by atoms with Gasteiger partial charge in [0.2, 0.25) is 0 Å². The molecule has 3 nitrogen and oxygen atoms in total. The van der Waals surface area contributed by atoms with Gasteiger partial charge in [-0.2, -0.15) is 13.2 Å². The van der Waals surface area contributed by atoms with E-state index in [1.165, 1.54) is 13.0 Å². The highest BCUT2D eigenvalue weighted by atomic mass is 19.4. The first kappa shape index (κ1) is 13.3. The number of ether oxygens (including phenoxy) is 1. The maximum atomic E-state index is 13.0. The van der Waals surface area contributed by atoms with Gasteiger partial charge in [-0.25, -0.2) is 9.78 Å². The first-order valence-electron chi connectivity index (χ1n) is 5.41. The average molecular weight is 269 g/mol. The lowest BCUT2D eigenvalue weighted by molar-refractivity contribution is -0.141. The van der Waals surface area contributed by atoms with E-state index in [1.807, 2.05) is 0 Å². The van der Waals surface area contributed by atoms with Crippen LogP contribution in [0.15, 0.2) is 24.3 Å². The molecule has 0 aliphatic rings. The van der Waals surface area contributed by atoms with Crippen LogP contribution in [-0.2, 0) is 10.9 Å². The maximum absolute atomic E-state index is 13.0. The molecule has 0 N–H and O–H groups in total. The van der Waals surface area contributed by atoms with Crippen molar-refractivity contribution in [3.05, 3.63) is 41.1 Å². The topological polar surface area (TPSA) is 39.2 Å². The second-order valence-electron chi connectivity index (χ2n) is 3.97. The van der Waals surface area contributed by atoms with Gasteiger partial charge in [0.1, 0.15) is 0 Å². The Morgan fingerprint density at radius 1 is 1.26 bits per heavy atom. The van der Waals surface area contributed by atoms with Crippen molar-refractivity contribution in [2.75, 3.05) is 7.11 Å². The molecule has 0 saturated heterocycles. The molecule has 0 fully saturated rings. The Hall–Kier alpha value is -2.11. The number of carbonyl (C=O) groups excluding carboxylic acids is 1. The third-order valence-electron chi connectivity index (χ3n) is 2.81. The number of carbonyl (C=O) groups is 1. The SMILES string of the molecule is COC(=O)c1c(C(F)(F)F)nc2ccccc2c1C. The van der Waals surface area contributed by atoms with Crippen molar-refractivity contribution in [2.45, 2.75) is 13.1 Å². The molecule has 2 rings (SSSR count). The highest BCUT2D eigenvalue weighted by Crippen LogP contribution is 2.34. The van der Waals surface area contributed by atoms with Gasteiger partial charge in [-0.1, -0.05) is 18.2 Å². The first-order chi connectivity index (χ1) is 8.86. The zero-order chi connectivity index (χ0) is 14.2. The van der Waals surface area contributed by atoms with Crippen molar-refractivity contribution in [3.63, 3.8) is 0 Å². The molecule has 1 aromatic heterocycles. The fraction of sp³-hybridized carbons (Fsp3) is 0.231. The predicted octanol–water partition coefficient (Wildman–Crippen LogP) is 3.35. The molecule has 19 heavy (non-hydrogen) atoms. The zero-order valence-electron chi connectivity index (χ0n) is 10.2. The number of benzene rings is 1. The van der Waals surface area contributed by atoms with Crippen LogP contribution < -0.4 is 0 Å². The largest absolute Gasteiger partial charge is 0.465 e. The van der Waals surface area contributed by atoms with E-state index in [0.717, 1.165) is 7.11 Å². The summed E-state index contributed by atoms with van der Waals surface area (Å²) in [5, 5.41) is 0.496. The summed E-state index contributed by atoms with van der Waals surface area (Å²) in [7, 11) is 1.04. The van der Waals surface area contributed by atoms with E-state index in [9.17, 15) is 18.0 Å². The molecule has 100 valence electrons. The third kappa shape index (κ3) is 2.25. The lowest BCUT2D eigenvalue weighted by Gasteiger charge is -2.14. The van der Waals surface area contributed by atoms with Gasteiger partial charge in [-0.3, -0.25) is 0 Å². The Kier molecular flexibility index (Phi) is 3.18. The van der Waals surface area contributed by atoms with Gasteiger partial charge in [-0.05, 0) is 18.6 Å². The van der Waals surface area contributed by atoms with Gasteiger partial charge in [0.25, 0.3) is 0 Å². The van der Waals surface area contributed by atoms with Gasteiger partial charge in [0.15, 0.2) is 5.69 Å². The van der Waals surface area contributed by atoms with E-state index in [-0.39, 0.29) is 11.1 Å². The van der Waals surface area contributed by atoms with Crippen molar-refractivity contribution < 1.29 is 22.7 Å². The lowest BCUT2D eigenvalue weighted by Crippen LogP contribution is -2.18. The number of fused-ring (bicyclic) bond motifs is 1. The standard InChI is InChI=1S/C13H10F3NO2/c1-7-8-5-3-4-6-9(8)17-11(13(14,15)16)10(7)12(18)19-2/h3-6H,1-2H3. The van der Waals surface area contributed by atoms with E-state index in [0.29, 0.717) is 5.39 Å². The summed E-state index contributed by atoms with van der Waals surface area (Å²) in [4.78, 5) is 15.1. The summed E-state index contributed by atoms with van der Waals surface area (Å²) in [6, 6.07) is 6.35. The van der Waals surface area contributed by atoms with Crippen LogP contribution in [0.1, 0.15) is 21.6 Å². The molecular formula is C13H10F3NO2. The van der Waals surface area contributed by atoms with Crippen LogP contribution >= 0.6 is 0 Å². The van der Waals surface area contributed by atoms with E-state index in [2.05, 4.69) is 9.72 Å². The van der Waals surface area contributed by atoms with Crippen LogP contribution in [0, 0.1) is 6.92 Å². The Labute approximate surface area is 107 Å². The van der Waals surface area contributed by atoms with Gasteiger partial charge in [0.05, 0.1) is 18.2 Å². The molecule has 0 saturated carbocycles. The average Bonchev–Trinajstić information content (AvgIpc) is 2.37. The smallest absolute Gasteiger partial charge is 0.434 e. The number of halogens is 3. The molecule has 0 atom stereocenters. The second kappa shape index (κ2) is 4.53. The summed E-state index contributed by atoms with van der Waals surface area (Å²) in [5.74, 6) is -1.04. The minimum Gasteiger partial charge on any atom is -0.465 e. The molecule has 1 heterocycles. The Morgan fingerprint density at radius 2 is 1.89 bits per heavy atom. The lowest BCUT2D eigenvalue weighted by atomic mass is 10.0. The number of methoxy groups -OCH3 is 1. The summed E-state index contributed by atoms with van der Waals surface area (Å²) < 4.78 is 43.4. The minimum atomic E-state index is -4.71. The number of alkyl halides is 3. The highest BCUT2D eigenvalue weighted by Gasteiger charge is 2.39. The van der Waals surface area contributed by atoms with E-state index >= 15 is 0 Å².